The van der Waals surface area contributed by atoms with Crippen LogP contribution >= 0.6 is 22.6 Å². The molecule has 12 heavy (non-hydrogen) atoms. The van der Waals surface area contributed by atoms with Gasteiger partial charge in [0.05, 0.1) is 12.2 Å². The van der Waals surface area contributed by atoms with Crippen molar-refractivity contribution in [2.75, 3.05) is 11.5 Å². The van der Waals surface area contributed by atoms with Gasteiger partial charge in [-0.1, -0.05) is 22.6 Å². The first-order valence-corrected chi connectivity index (χ1v) is 5.32. The molecule has 0 bridgehead atoms. The fourth-order valence-electron chi connectivity index (χ4n) is 1.19. The molecule has 0 amide bonds. The van der Waals surface area contributed by atoms with Gasteiger partial charge in [0.1, 0.15) is 6.10 Å². The van der Waals surface area contributed by atoms with Gasteiger partial charge in [0.25, 0.3) is 0 Å². The molecule has 1 saturated heterocycles. The number of hydrogen-bond acceptors (Lipinski definition) is 4. The van der Waals surface area contributed by atoms with Crippen molar-refractivity contribution in [1.29, 1.82) is 0 Å². The normalized spacial score (nSPS) is 43.0. The lowest BCUT2D eigenvalue weighted by Gasteiger charge is -2.35. The van der Waals surface area contributed by atoms with E-state index in [0.29, 0.717) is 10.8 Å². The molecular formula is C7H13IO4. The van der Waals surface area contributed by atoms with Crippen molar-refractivity contribution in [2.24, 2.45) is 0 Å². The van der Waals surface area contributed by atoms with Crippen molar-refractivity contribution < 1.29 is 19.7 Å². The van der Waals surface area contributed by atoms with Crippen LogP contribution in [0.2, 0.25) is 0 Å². The van der Waals surface area contributed by atoms with Gasteiger partial charge in [0.15, 0.2) is 6.29 Å². The van der Waals surface area contributed by atoms with Crippen LogP contribution in [-0.4, -0.2) is 46.4 Å². The third-order valence-corrected chi connectivity index (χ3v) is 2.82. The number of aliphatic hydroxyl groups is 2. The third-order valence-electron chi connectivity index (χ3n) is 1.95. The Bertz CT molecular complexity index is 143. The molecule has 72 valence electrons. The lowest BCUT2D eigenvalue weighted by Crippen LogP contribution is -2.49. The number of ether oxygens (including phenoxy) is 2. The highest BCUT2D eigenvalue weighted by Gasteiger charge is 2.35. The van der Waals surface area contributed by atoms with Crippen molar-refractivity contribution in [2.45, 2.75) is 31.0 Å². The maximum Gasteiger partial charge on any atom is 0.160 e. The van der Waals surface area contributed by atoms with E-state index in [-0.39, 0.29) is 12.4 Å². The van der Waals surface area contributed by atoms with Crippen molar-refractivity contribution in [3.63, 3.8) is 0 Å². The van der Waals surface area contributed by atoms with Crippen molar-refractivity contribution in [1.82, 2.24) is 0 Å². The fourth-order valence-corrected chi connectivity index (χ4v) is 1.92. The Morgan fingerprint density at radius 2 is 2.25 bits per heavy atom. The Balaban J connectivity index is 2.52. The first-order valence-electron chi connectivity index (χ1n) is 3.79. The number of aliphatic hydroxyl groups excluding tert-OH is 2. The molecule has 0 saturated carbocycles. The van der Waals surface area contributed by atoms with Gasteiger partial charge < -0.3 is 19.7 Å². The van der Waals surface area contributed by atoms with Crippen LogP contribution in [0, 0.1) is 0 Å². The van der Waals surface area contributed by atoms with Crippen LogP contribution in [0.1, 0.15) is 6.42 Å². The molecule has 4 atom stereocenters. The van der Waals surface area contributed by atoms with E-state index < -0.39 is 12.2 Å². The van der Waals surface area contributed by atoms with Crippen LogP contribution < -0.4 is 0 Å². The molecule has 0 unspecified atom stereocenters. The van der Waals surface area contributed by atoms with Gasteiger partial charge in [-0.2, -0.15) is 0 Å². The number of hydrogen-bond donors (Lipinski definition) is 2. The summed E-state index contributed by atoms with van der Waals surface area (Å²) in [4.78, 5) is 0. The summed E-state index contributed by atoms with van der Waals surface area (Å²) in [6, 6.07) is 0. The zero-order valence-electron chi connectivity index (χ0n) is 6.81. The van der Waals surface area contributed by atoms with Gasteiger partial charge in [0, 0.05) is 18.0 Å². The number of alkyl halides is 1. The highest BCUT2D eigenvalue weighted by atomic mass is 127. The van der Waals surface area contributed by atoms with Gasteiger partial charge in [-0.3, -0.25) is 0 Å². The monoisotopic (exact) mass is 288 g/mol. The molecule has 1 aliphatic heterocycles. The van der Waals surface area contributed by atoms with Crippen molar-refractivity contribution in [3.8, 4) is 0 Å². The average Bonchev–Trinajstić information content (AvgIpc) is 2.09. The van der Waals surface area contributed by atoms with Crippen LogP contribution in [-0.2, 0) is 9.47 Å². The largest absolute Gasteiger partial charge is 0.390 e. The summed E-state index contributed by atoms with van der Waals surface area (Å²) in [6.07, 6.45) is -1.88. The molecule has 0 aromatic rings. The molecule has 1 aliphatic rings. The minimum atomic E-state index is -0.784. The summed E-state index contributed by atoms with van der Waals surface area (Å²) in [5.41, 5.74) is 0. The molecule has 0 radical (unpaired) electrons. The molecule has 1 fully saturated rings. The van der Waals surface area contributed by atoms with Crippen LogP contribution in [0.25, 0.3) is 0 Å². The molecule has 1 heterocycles. The lowest BCUT2D eigenvalue weighted by molar-refractivity contribution is -0.235. The van der Waals surface area contributed by atoms with Crippen LogP contribution in [0.4, 0.5) is 0 Å². The molecule has 5 heteroatoms. The first-order chi connectivity index (χ1) is 5.69. The Morgan fingerprint density at radius 1 is 1.58 bits per heavy atom. The Labute approximate surface area is 85.0 Å². The molecule has 0 aromatic carbocycles. The topological polar surface area (TPSA) is 58.9 Å². The van der Waals surface area contributed by atoms with Crippen LogP contribution in [0.5, 0.6) is 0 Å². The summed E-state index contributed by atoms with van der Waals surface area (Å²) in [6.45, 7) is 0. The predicted molar refractivity (Wildman–Crippen MR) is 51.2 cm³/mol. The standard InChI is InChI=1S/C7H13IO4/c1-11-6-2-4(9)7(10)5(3-8)12-6/h4-7,9-10H,2-3H2,1H3/t4-,5-,6-,7-/m1/s1. The predicted octanol–water partition coefficient (Wildman–Crippen LogP) is -0.0954. The van der Waals surface area contributed by atoms with E-state index in [9.17, 15) is 10.2 Å². The molecule has 4 nitrogen and oxygen atoms in total. The zero-order valence-corrected chi connectivity index (χ0v) is 8.97. The van der Waals surface area contributed by atoms with E-state index in [1.54, 1.807) is 0 Å². The molecule has 2 N–H and O–H groups in total. The lowest BCUT2D eigenvalue weighted by atomic mass is 10.0. The smallest absolute Gasteiger partial charge is 0.160 e. The van der Waals surface area contributed by atoms with E-state index in [1.807, 2.05) is 0 Å². The molecule has 0 spiro atoms. The summed E-state index contributed by atoms with van der Waals surface area (Å²) < 4.78 is 10.9. The summed E-state index contributed by atoms with van der Waals surface area (Å²) >= 11 is 2.11. The van der Waals surface area contributed by atoms with Gasteiger partial charge >= 0.3 is 0 Å². The molecule has 0 aromatic heterocycles. The second-order valence-electron chi connectivity index (χ2n) is 2.79. The Morgan fingerprint density at radius 3 is 2.75 bits per heavy atom. The van der Waals surface area contributed by atoms with E-state index in [2.05, 4.69) is 22.6 Å². The van der Waals surface area contributed by atoms with Gasteiger partial charge in [-0.25, -0.2) is 0 Å². The number of methoxy groups -OCH3 is 1. The quantitative estimate of drug-likeness (QED) is 0.550. The Hall–Kier alpha value is 0.570. The van der Waals surface area contributed by atoms with Gasteiger partial charge in [0.2, 0.25) is 0 Å². The third kappa shape index (κ3) is 2.29. The Kier molecular flexibility index (Phi) is 4.18. The van der Waals surface area contributed by atoms with Crippen LogP contribution in [0.3, 0.4) is 0 Å². The van der Waals surface area contributed by atoms with E-state index in [4.69, 9.17) is 9.47 Å². The molecule has 0 aliphatic carbocycles. The maximum absolute atomic E-state index is 9.42. The van der Waals surface area contributed by atoms with Gasteiger partial charge in [-0.15, -0.1) is 0 Å². The van der Waals surface area contributed by atoms with Crippen LogP contribution in [0.15, 0.2) is 0 Å². The minimum absolute atomic E-state index is 0.320. The van der Waals surface area contributed by atoms with Crippen molar-refractivity contribution in [3.05, 3.63) is 0 Å². The summed E-state index contributed by atoms with van der Waals surface area (Å²) in [5, 5.41) is 18.8. The maximum atomic E-state index is 9.42. The van der Waals surface area contributed by atoms with E-state index in [0.717, 1.165) is 0 Å². The summed E-state index contributed by atoms with van der Waals surface area (Å²) in [5.74, 6) is 0. The second-order valence-corrected chi connectivity index (χ2v) is 3.67. The number of rotatable bonds is 2. The second kappa shape index (κ2) is 4.71. The highest BCUT2D eigenvalue weighted by Crippen LogP contribution is 2.21. The minimum Gasteiger partial charge on any atom is -0.390 e. The number of halogens is 1. The van der Waals surface area contributed by atoms with Crippen molar-refractivity contribution >= 4 is 22.6 Å². The average molecular weight is 288 g/mol. The fraction of sp³-hybridized carbons (Fsp3) is 1.00. The van der Waals surface area contributed by atoms with E-state index >= 15 is 0 Å². The highest BCUT2D eigenvalue weighted by molar-refractivity contribution is 14.1. The van der Waals surface area contributed by atoms with E-state index in [1.165, 1.54) is 7.11 Å². The SMILES string of the molecule is CO[C@H]1C[C@@H](O)[C@@H](O)[C@@H](CI)O1. The van der Waals surface area contributed by atoms with Gasteiger partial charge in [-0.05, 0) is 0 Å². The summed E-state index contributed by atoms with van der Waals surface area (Å²) in [7, 11) is 1.53. The molecular weight excluding hydrogens is 275 g/mol. The molecule has 1 rings (SSSR count). The first kappa shape index (κ1) is 10.6. The zero-order chi connectivity index (χ0) is 9.14.